The van der Waals surface area contributed by atoms with Crippen LogP contribution in [0, 0.1) is 17.8 Å². The molecule has 1 saturated heterocycles. The minimum absolute atomic E-state index is 0.232. The Bertz CT molecular complexity index is 202. The van der Waals surface area contributed by atoms with Crippen molar-refractivity contribution in [1.29, 1.82) is 0 Å². The largest absolute Gasteiger partial charge is 0.310 e. The fraction of sp³-hybridized carbons (Fsp3) is 0.900. The fourth-order valence-corrected chi connectivity index (χ4v) is 2.80. The van der Waals surface area contributed by atoms with E-state index in [-0.39, 0.29) is 11.5 Å². The van der Waals surface area contributed by atoms with Gasteiger partial charge in [-0.3, -0.25) is 0 Å². The average molecular weight is 167 g/mol. The van der Waals surface area contributed by atoms with Crippen LogP contribution in [0.3, 0.4) is 0 Å². The Labute approximate surface area is 73.7 Å². The van der Waals surface area contributed by atoms with E-state index < -0.39 is 0 Å². The SMILES string of the molecule is CC(C)C(C=O)[C@@]12C[C@@H]1CCN2. The van der Waals surface area contributed by atoms with Crippen LogP contribution in [0.4, 0.5) is 0 Å². The van der Waals surface area contributed by atoms with Crippen molar-refractivity contribution < 1.29 is 4.79 Å². The lowest BCUT2D eigenvalue weighted by Gasteiger charge is -2.24. The molecule has 1 aliphatic heterocycles. The first-order chi connectivity index (χ1) is 5.70. The third kappa shape index (κ3) is 0.939. The summed E-state index contributed by atoms with van der Waals surface area (Å²) in [6, 6.07) is 0. The lowest BCUT2D eigenvalue weighted by atomic mass is 9.87. The van der Waals surface area contributed by atoms with E-state index >= 15 is 0 Å². The van der Waals surface area contributed by atoms with E-state index in [9.17, 15) is 4.79 Å². The van der Waals surface area contributed by atoms with Crippen molar-refractivity contribution in [3.63, 3.8) is 0 Å². The van der Waals surface area contributed by atoms with Crippen LogP contribution < -0.4 is 5.32 Å². The number of hydrogen-bond acceptors (Lipinski definition) is 2. The van der Waals surface area contributed by atoms with Gasteiger partial charge in [0.15, 0.2) is 0 Å². The highest BCUT2D eigenvalue weighted by atomic mass is 16.1. The van der Waals surface area contributed by atoms with Crippen molar-refractivity contribution >= 4 is 6.29 Å². The van der Waals surface area contributed by atoms with E-state index in [1.54, 1.807) is 0 Å². The number of carbonyl (C=O) groups excluding carboxylic acids is 1. The topological polar surface area (TPSA) is 29.1 Å². The maximum absolute atomic E-state index is 10.9. The summed E-state index contributed by atoms with van der Waals surface area (Å²) < 4.78 is 0. The lowest BCUT2D eigenvalue weighted by molar-refractivity contribution is -0.113. The molecular formula is C10H17NO. The van der Waals surface area contributed by atoms with E-state index in [0.29, 0.717) is 5.92 Å². The molecule has 2 fully saturated rings. The van der Waals surface area contributed by atoms with Gasteiger partial charge in [0.2, 0.25) is 0 Å². The maximum Gasteiger partial charge on any atom is 0.125 e. The van der Waals surface area contributed by atoms with Crippen molar-refractivity contribution in [2.45, 2.75) is 32.2 Å². The highest BCUT2D eigenvalue weighted by Gasteiger charge is 2.61. The molecule has 1 N–H and O–H groups in total. The van der Waals surface area contributed by atoms with Gasteiger partial charge in [-0.1, -0.05) is 13.8 Å². The minimum atomic E-state index is 0.232. The number of carbonyl (C=O) groups is 1. The Balaban J connectivity index is 2.11. The van der Waals surface area contributed by atoms with Gasteiger partial charge in [0.05, 0.1) is 0 Å². The molecular weight excluding hydrogens is 150 g/mol. The van der Waals surface area contributed by atoms with E-state index in [0.717, 1.165) is 18.7 Å². The second-order valence-corrected chi connectivity index (χ2v) is 4.56. The van der Waals surface area contributed by atoms with Gasteiger partial charge >= 0.3 is 0 Å². The summed E-state index contributed by atoms with van der Waals surface area (Å²) in [5.74, 6) is 1.53. The Morgan fingerprint density at radius 2 is 2.33 bits per heavy atom. The van der Waals surface area contributed by atoms with Gasteiger partial charge in [-0.05, 0) is 31.2 Å². The number of nitrogens with one attached hydrogen (secondary N) is 1. The predicted octanol–water partition coefficient (Wildman–Crippen LogP) is 1.21. The molecule has 0 bridgehead atoms. The van der Waals surface area contributed by atoms with Crippen LogP contribution in [0.15, 0.2) is 0 Å². The number of hydrogen-bond donors (Lipinski definition) is 1. The zero-order valence-electron chi connectivity index (χ0n) is 7.84. The predicted molar refractivity (Wildman–Crippen MR) is 47.8 cm³/mol. The molecule has 1 heterocycles. The second-order valence-electron chi connectivity index (χ2n) is 4.56. The van der Waals surface area contributed by atoms with Crippen LogP contribution in [0.1, 0.15) is 26.7 Å². The van der Waals surface area contributed by atoms with E-state index in [1.807, 2.05) is 0 Å². The first kappa shape index (κ1) is 8.24. The molecule has 12 heavy (non-hydrogen) atoms. The molecule has 1 unspecified atom stereocenters. The molecule has 2 nitrogen and oxygen atoms in total. The number of fused-ring (bicyclic) bond motifs is 1. The summed E-state index contributed by atoms with van der Waals surface area (Å²) in [6.45, 7) is 5.40. The van der Waals surface area contributed by atoms with Crippen molar-refractivity contribution in [1.82, 2.24) is 5.32 Å². The van der Waals surface area contributed by atoms with Gasteiger partial charge in [-0.15, -0.1) is 0 Å². The fourth-order valence-electron chi connectivity index (χ4n) is 2.80. The Morgan fingerprint density at radius 3 is 2.67 bits per heavy atom. The lowest BCUT2D eigenvalue weighted by Crippen LogP contribution is -2.40. The summed E-state index contributed by atoms with van der Waals surface area (Å²) in [5, 5.41) is 3.51. The van der Waals surface area contributed by atoms with Gasteiger partial charge in [0.25, 0.3) is 0 Å². The molecule has 0 aromatic carbocycles. The Kier molecular flexibility index (Phi) is 1.76. The number of piperidine rings is 1. The van der Waals surface area contributed by atoms with Crippen molar-refractivity contribution in [3.05, 3.63) is 0 Å². The molecule has 0 radical (unpaired) electrons. The Morgan fingerprint density at radius 1 is 1.58 bits per heavy atom. The molecule has 2 heteroatoms. The van der Waals surface area contributed by atoms with Crippen LogP contribution in [0.25, 0.3) is 0 Å². The zero-order chi connectivity index (χ0) is 8.77. The third-order valence-corrected chi connectivity index (χ3v) is 3.56. The van der Waals surface area contributed by atoms with E-state index in [1.165, 1.54) is 12.8 Å². The molecule has 0 amide bonds. The molecule has 2 rings (SSSR count). The molecule has 3 atom stereocenters. The van der Waals surface area contributed by atoms with Crippen molar-refractivity contribution in [3.8, 4) is 0 Å². The highest BCUT2D eigenvalue weighted by Crippen LogP contribution is 2.55. The summed E-state index contributed by atoms with van der Waals surface area (Å²) in [7, 11) is 0. The van der Waals surface area contributed by atoms with E-state index in [2.05, 4.69) is 19.2 Å². The van der Waals surface area contributed by atoms with Crippen molar-refractivity contribution in [2.24, 2.45) is 17.8 Å². The van der Waals surface area contributed by atoms with Crippen molar-refractivity contribution in [2.75, 3.05) is 6.54 Å². The van der Waals surface area contributed by atoms with Gasteiger partial charge < -0.3 is 10.1 Å². The van der Waals surface area contributed by atoms with Crippen LogP contribution in [-0.4, -0.2) is 18.4 Å². The standard InChI is InChI=1S/C10H17NO/c1-7(2)9(6-12)10-5-8(10)3-4-11-10/h6-9,11H,3-5H2,1-2H3/t8-,9?,10+/m0/s1. The molecule has 0 aromatic heterocycles. The highest BCUT2D eigenvalue weighted by molar-refractivity contribution is 5.59. The monoisotopic (exact) mass is 167 g/mol. The van der Waals surface area contributed by atoms with Gasteiger partial charge in [0, 0.05) is 11.5 Å². The normalized spacial score (nSPS) is 41.1. The summed E-state index contributed by atoms with van der Waals surface area (Å²) in [4.78, 5) is 10.9. The van der Waals surface area contributed by atoms with Crippen LogP contribution in [-0.2, 0) is 4.79 Å². The molecule has 1 saturated carbocycles. The number of rotatable bonds is 3. The quantitative estimate of drug-likeness (QED) is 0.640. The zero-order valence-corrected chi connectivity index (χ0v) is 7.84. The summed E-state index contributed by atoms with van der Waals surface area (Å²) in [5.41, 5.74) is 0.232. The maximum atomic E-state index is 10.9. The van der Waals surface area contributed by atoms with Crippen LogP contribution in [0.2, 0.25) is 0 Å². The van der Waals surface area contributed by atoms with E-state index in [4.69, 9.17) is 0 Å². The first-order valence-electron chi connectivity index (χ1n) is 4.91. The smallest absolute Gasteiger partial charge is 0.125 e. The van der Waals surface area contributed by atoms with Gasteiger partial charge in [-0.2, -0.15) is 0 Å². The summed E-state index contributed by atoms with van der Waals surface area (Å²) in [6.07, 6.45) is 3.66. The number of aldehydes is 1. The average Bonchev–Trinajstić information content (AvgIpc) is 2.55. The first-order valence-corrected chi connectivity index (χ1v) is 4.91. The molecule has 0 spiro atoms. The molecule has 2 aliphatic rings. The summed E-state index contributed by atoms with van der Waals surface area (Å²) >= 11 is 0. The van der Waals surface area contributed by atoms with Crippen LogP contribution >= 0.6 is 0 Å². The Hall–Kier alpha value is -0.370. The van der Waals surface area contributed by atoms with Crippen LogP contribution in [0.5, 0.6) is 0 Å². The molecule has 68 valence electrons. The second kappa shape index (κ2) is 2.56. The van der Waals surface area contributed by atoms with Gasteiger partial charge in [0.1, 0.15) is 6.29 Å². The third-order valence-electron chi connectivity index (χ3n) is 3.56. The molecule has 1 aliphatic carbocycles. The molecule has 0 aromatic rings. The minimum Gasteiger partial charge on any atom is -0.310 e. The van der Waals surface area contributed by atoms with Gasteiger partial charge in [-0.25, -0.2) is 0 Å².